The van der Waals surface area contributed by atoms with E-state index in [4.69, 9.17) is 10.5 Å². The van der Waals surface area contributed by atoms with Gasteiger partial charge in [-0.2, -0.15) is 0 Å². The summed E-state index contributed by atoms with van der Waals surface area (Å²) in [7, 11) is 0. The van der Waals surface area contributed by atoms with E-state index in [0.29, 0.717) is 25.7 Å². The van der Waals surface area contributed by atoms with E-state index < -0.39 is 4.92 Å². The van der Waals surface area contributed by atoms with Crippen LogP contribution in [0.2, 0.25) is 0 Å². The second-order valence-corrected chi connectivity index (χ2v) is 4.46. The summed E-state index contributed by atoms with van der Waals surface area (Å²) in [6.07, 6.45) is 1.92. The molecule has 0 aliphatic carbocycles. The smallest absolute Gasteiger partial charge is 0.352 e. The molecular weight excluding hydrogens is 250 g/mol. The lowest BCUT2D eigenvalue weighted by Crippen LogP contribution is -2.11. The van der Waals surface area contributed by atoms with Crippen molar-refractivity contribution in [3.63, 3.8) is 0 Å². The minimum atomic E-state index is -0.590. The van der Waals surface area contributed by atoms with Gasteiger partial charge in [0.1, 0.15) is 6.33 Å². The number of hydrogen-bond donors (Lipinski definition) is 2. The lowest BCUT2D eigenvalue weighted by molar-refractivity contribution is -0.383. The third kappa shape index (κ3) is 5.04. The fourth-order valence-electron chi connectivity index (χ4n) is 1.40. The molecule has 0 atom stereocenters. The van der Waals surface area contributed by atoms with Crippen LogP contribution in [0.3, 0.4) is 0 Å². The molecule has 0 spiro atoms. The van der Waals surface area contributed by atoms with Gasteiger partial charge < -0.3 is 15.8 Å². The van der Waals surface area contributed by atoms with Crippen LogP contribution >= 0.6 is 0 Å². The van der Waals surface area contributed by atoms with E-state index in [9.17, 15) is 10.1 Å². The van der Waals surface area contributed by atoms with Gasteiger partial charge in [0.2, 0.25) is 11.6 Å². The molecule has 0 aromatic carbocycles. The molecule has 0 saturated carbocycles. The number of aromatic nitrogens is 2. The van der Waals surface area contributed by atoms with Crippen molar-refractivity contribution in [2.45, 2.75) is 20.3 Å². The van der Waals surface area contributed by atoms with Crippen molar-refractivity contribution >= 4 is 17.3 Å². The summed E-state index contributed by atoms with van der Waals surface area (Å²) in [6.45, 7) is 5.98. The maximum absolute atomic E-state index is 10.8. The van der Waals surface area contributed by atoms with Crippen LogP contribution in [-0.4, -0.2) is 34.6 Å². The van der Waals surface area contributed by atoms with Gasteiger partial charge in [-0.1, -0.05) is 13.8 Å². The number of nitrogen functional groups attached to an aromatic ring is 1. The van der Waals surface area contributed by atoms with Gasteiger partial charge in [-0.05, 0) is 12.3 Å². The molecule has 1 aromatic heterocycles. The fraction of sp³-hybridized carbons (Fsp3) is 0.636. The third-order valence-electron chi connectivity index (χ3n) is 2.24. The highest BCUT2D eigenvalue weighted by Crippen LogP contribution is 2.25. The molecule has 0 amide bonds. The Kier molecular flexibility index (Phi) is 5.94. The molecular formula is C11H19N5O3. The summed E-state index contributed by atoms with van der Waals surface area (Å²) in [5.41, 5.74) is 5.16. The molecule has 19 heavy (non-hydrogen) atoms. The number of nitrogens with two attached hydrogens (primary N) is 1. The molecule has 0 aliphatic heterocycles. The average Bonchev–Trinajstić information content (AvgIpc) is 2.32. The molecule has 8 heteroatoms. The second-order valence-electron chi connectivity index (χ2n) is 4.46. The number of nitrogens with zero attached hydrogens (tertiary/aromatic N) is 3. The molecule has 1 heterocycles. The number of nitro groups is 1. The summed E-state index contributed by atoms with van der Waals surface area (Å²) in [6, 6.07) is 0. The van der Waals surface area contributed by atoms with Crippen molar-refractivity contribution in [1.82, 2.24) is 9.97 Å². The number of rotatable bonds is 8. The maximum Gasteiger partial charge on any atom is 0.352 e. The highest BCUT2D eigenvalue weighted by molar-refractivity contribution is 5.67. The summed E-state index contributed by atoms with van der Waals surface area (Å²) in [5.74, 6) is 0.496. The highest BCUT2D eigenvalue weighted by Gasteiger charge is 2.20. The molecule has 106 valence electrons. The van der Waals surface area contributed by atoms with Crippen molar-refractivity contribution in [2.75, 3.05) is 30.8 Å². The first-order valence-corrected chi connectivity index (χ1v) is 6.08. The van der Waals surface area contributed by atoms with Crippen LogP contribution < -0.4 is 11.1 Å². The quantitative estimate of drug-likeness (QED) is 0.416. The molecule has 3 N–H and O–H groups in total. The van der Waals surface area contributed by atoms with Gasteiger partial charge in [-0.25, -0.2) is 9.97 Å². The zero-order valence-corrected chi connectivity index (χ0v) is 11.1. The maximum atomic E-state index is 10.8. The van der Waals surface area contributed by atoms with Crippen LogP contribution in [0.1, 0.15) is 20.3 Å². The number of ether oxygens (including phenoxy) is 1. The first-order chi connectivity index (χ1) is 9.02. The highest BCUT2D eigenvalue weighted by atomic mass is 16.6. The van der Waals surface area contributed by atoms with Crippen molar-refractivity contribution in [1.29, 1.82) is 0 Å². The predicted octanol–water partition coefficient (Wildman–Crippen LogP) is 1.44. The summed E-state index contributed by atoms with van der Waals surface area (Å²) in [4.78, 5) is 17.7. The van der Waals surface area contributed by atoms with Crippen molar-refractivity contribution in [3.8, 4) is 0 Å². The van der Waals surface area contributed by atoms with E-state index in [2.05, 4.69) is 29.1 Å². The van der Waals surface area contributed by atoms with Gasteiger partial charge in [0, 0.05) is 19.8 Å². The molecule has 0 radical (unpaired) electrons. The lowest BCUT2D eigenvalue weighted by Gasteiger charge is -2.08. The van der Waals surface area contributed by atoms with Gasteiger partial charge in [0.05, 0.1) is 4.92 Å². The Morgan fingerprint density at radius 2 is 2.26 bits per heavy atom. The molecule has 8 nitrogen and oxygen atoms in total. The SMILES string of the molecule is CC(C)COCCCNc1ncnc(N)c1[N+](=O)[O-]. The number of nitrogens with one attached hydrogen (secondary N) is 1. The Bertz CT molecular complexity index is 425. The van der Waals surface area contributed by atoms with Crippen LogP contribution in [0, 0.1) is 16.0 Å². The van der Waals surface area contributed by atoms with Gasteiger partial charge in [0.15, 0.2) is 0 Å². The zero-order chi connectivity index (χ0) is 14.3. The number of hydrogen-bond acceptors (Lipinski definition) is 7. The van der Waals surface area contributed by atoms with E-state index in [-0.39, 0.29) is 17.3 Å². The largest absolute Gasteiger partial charge is 0.381 e. The normalized spacial score (nSPS) is 10.7. The molecule has 0 aliphatic rings. The average molecular weight is 269 g/mol. The lowest BCUT2D eigenvalue weighted by atomic mass is 10.2. The zero-order valence-electron chi connectivity index (χ0n) is 11.1. The molecule has 0 bridgehead atoms. The Balaban J connectivity index is 2.41. The van der Waals surface area contributed by atoms with E-state index in [1.54, 1.807) is 0 Å². The number of anilines is 2. The van der Waals surface area contributed by atoms with Crippen LogP contribution in [0.5, 0.6) is 0 Å². The van der Waals surface area contributed by atoms with Crippen molar-refractivity contribution in [3.05, 3.63) is 16.4 Å². The van der Waals surface area contributed by atoms with E-state index >= 15 is 0 Å². The summed E-state index contributed by atoms with van der Waals surface area (Å²) in [5, 5.41) is 13.7. The van der Waals surface area contributed by atoms with Crippen LogP contribution in [0.15, 0.2) is 6.33 Å². The topological polar surface area (TPSA) is 116 Å². The minimum Gasteiger partial charge on any atom is -0.381 e. The van der Waals surface area contributed by atoms with Crippen LogP contribution in [0.25, 0.3) is 0 Å². The van der Waals surface area contributed by atoms with Gasteiger partial charge in [-0.15, -0.1) is 0 Å². The first-order valence-electron chi connectivity index (χ1n) is 6.08. The fourth-order valence-corrected chi connectivity index (χ4v) is 1.40. The van der Waals surface area contributed by atoms with Crippen molar-refractivity contribution in [2.24, 2.45) is 5.92 Å². The second kappa shape index (κ2) is 7.47. The first kappa shape index (κ1) is 15.1. The van der Waals surface area contributed by atoms with Gasteiger partial charge >= 0.3 is 5.69 Å². The Morgan fingerprint density at radius 1 is 1.53 bits per heavy atom. The Hall–Kier alpha value is -1.96. The molecule has 1 rings (SSSR count). The Morgan fingerprint density at radius 3 is 2.89 bits per heavy atom. The van der Waals surface area contributed by atoms with Gasteiger partial charge in [-0.3, -0.25) is 10.1 Å². The summed E-state index contributed by atoms with van der Waals surface area (Å²) >= 11 is 0. The minimum absolute atomic E-state index is 0.140. The molecule has 0 saturated heterocycles. The van der Waals surface area contributed by atoms with E-state index in [1.165, 1.54) is 6.33 Å². The van der Waals surface area contributed by atoms with Crippen LogP contribution in [-0.2, 0) is 4.74 Å². The van der Waals surface area contributed by atoms with E-state index in [0.717, 1.165) is 6.42 Å². The van der Waals surface area contributed by atoms with Crippen molar-refractivity contribution < 1.29 is 9.66 Å². The van der Waals surface area contributed by atoms with Crippen LogP contribution in [0.4, 0.5) is 17.3 Å². The standard InChI is InChI=1S/C11H19N5O3/c1-8(2)6-19-5-3-4-13-11-9(16(17)18)10(12)14-7-15-11/h7-8H,3-6H2,1-2H3,(H3,12,13,14,15). The van der Waals surface area contributed by atoms with E-state index in [1.807, 2.05) is 0 Å². The Labute approximate surface area is 111 Å². The van der Waals surface area contributed by atoms with Gasteiger partial charge in [0.25, 0.3) is 0 Å². The summed E-state index contributed by atoms with van der Waals surface area (Å²) < 4.78 is 5.40. The molecule has 0 unspecified atom stereocenters. The monoisotopic (exact) mass is 269 g/mol. The molecule has 1 aromatic rings. The third-order valence-corrected chi connectivity index (χ3v) is 2.24. The molecule has 0 fully saturated rings. The predicted molar refractivity (Wildman–Crippen MR) is 71.9 cm³/mol.